The summed E-state index contributed by atoms with van der Waals surface area (Å²) in [6.07, 6.45) is 3.51. The number of hydrogen-bond acceptors (Lipinski definition) is 15. The van der Waals surface area contributed by atoms with Crippen molar-refractivity contribution in [2.24, 2.45) is 11.7 Å². The molecule has 0 unspecified atom stereocenters. The van der Waals surface area contributed by atoms with E-state index in [2.05, 4.69) is 42.5 Å². The third kappa shape index (κ3) is 14.2. The van der Waals surface area contributed by atoms with Gasteiger partial charge in [-0.05, 0) is 91.0 Å². The number of ketones is 1. The van der Waals surface area contributed by atoms with E-state index in [0.29, 0.717) is 97.7 Å². The van der Waals surface area contributed by atoms with Gasteiger partial charge < -0.3 is 55.8 Å². The highest BCUT2D eigenvalue weighted by Gasteiger charge is 2.34. The number of likely N-dealkylation sites (tertiary alicyclic amines) is 1. The van der Waals surface area contributed by atoms with Crippen molar-refractivity contribution in [1.29, 1.82) is 0 Å². The number of pyridine rings is 2. The quantitative estimate of drug-likeness (QED) is 0.0179. The minimum Gasteiger partial charge on any atom is -0.486 e. The summed E-state index contributed by atoms with van der Waals surface area (Å²) in [6.45, 7) is 6.46. The molecule has 1 fully saturated rings. The molecule has 0 bridgehead atoms. The second kappa shape index (κ2) is 26.8. The van der Waals surface area contributed by atoms with Crippen LogP contribution in [0.5, 0.6) is 11.5 Å². The molecule has 80 heavy (non-hydrogen) atoms. The number of ether oxygens (including phenoxy) is 4. The Bertz CT molecular complexity index is 3110. The molecule has 24 heteroatoms. The molecule has 4 aromatic rings. The van der Waals surface area contributed by atoms with Gasteiger partial charge in [0.05, 0.1) is 23.4 Å². The molecule has 8 rings (SSSR count). The number of nitrogens with one attached hydrogen (secondary N) is 6. The molecule has 3 atom stereocenters. The number of fused-ring (bicyclic) bond motifs is 6. The maximum absolute atomic E-state index is 13.6. The Hall–Kier alpha value is -7.99. The summed E-state index contributed by atoms with van der Waals surface area (Å²) < 4.78 is 25.4. The normalized spacial score (nSPS) is 15.8. The lowest BCUT2D eigenvalue weighted by atomic mass is 9.81. The number of Topliss-reactive ketones (excluding diaryl/α,β-unsaturated/α-hetero) is 1. The van der Waals surface area contributed by atoms with Gasteiger partial charge in [0.1, 0.15) is 55.7 Å². The van der Waals surface area contributed by atoms with Crippen LogP contribution in [0.3, 0.4) is 0 Å². The van der Waals surface area contributed by atoms with Crippen LogP contribution in [0.25, 0.3) is 22.3 Å². The molecule has 2 aromatic heterocycles. The molecular formula is C56H68N10O13S. The number of anilines is 1. The fourth-order valence-electron chi connectivity index (χ4n) is 10.4. The van der Waals surface area contributed by atoms with Gasteiger partial charge in [0, 0.05) is 73.9 Å². The number of primary amides is 1. The first-order valence-corrected chi connectivity index (χ1v) is 27.6. The van der Waals surface area contributed by atoms with E-state index < -0.39 is 41.9 Å². The van der Waals surface area contributed by atoms with Crippen molar-refractivity contribution in [2.75, 3.05) is 45.0 Å². The minimum absolute atomic E-state index is 0.116. The third-order valence-electron chi connectivity index (χ3n) is 14.6. The number of nitrogens with two attached hydrogens (primary N) is 1. The van der Waals surface area contributed by atoms with E-state index in [9.17, 15) is 43.2 Å². The van der Waals surface area contributed by atoms with Crippen molar-refractivity contribution in [2.45, 2.75) is 129 Å². The van der Waals surface area contributed by atoms with Crippen LogP contribution >= 0.6 is 12.2 Å². The molecule has 2 aromatic carbocycles. The highest BCUT2D eigenvalue weighted by molar-refractivity contribution is 7.71. The fraction of sp³-hybridized carbons (Fsp3) is 0.482. The summed E-state index contributed by atoms with van der Waals surface area (Å²) in [5, 5.41) is 17.0. The van der Waals surface area contributed by atoms with Crippen molar-refractivity contribution in [3.8, 4) is 22.9 Å². The number of rotatable bonds is 25. The maximum Gasteiger partial charge on any atom is 0.409 e. The lowest BCUT2D eigenvalue weighted by Gasteiger charge is -2.25. The second-order valence-electron chi connectivity index (χ2n) is 20.5. The predicted molar refractivity (Wildman–Crippen MR) is 293 cm³/mol. The van der Waals surface area contributed by atoms with Gasteiger partial charge in [-0.2, -0.15) is 0 Å². The molecule has 8 N–H and O–H groups in total. The van der Waals surface area contributed by atoms with E-state index in [1.807, 2.05) is 19.1 Å². The molecule has 23 nitrogen and oxygen atoms in total. The highest BCUT2D eigenvalue weighted by atomic mass is 32.1. The molecule has 0 spiro atoms. The second-order valence-corrected chi connectivity index (χ2v) is 20.8. The number of imide groups is 1. The van der Waals surface area contributed by atoms with E-state index in [0.717, 1.165) is 39.0 Å². The number of benzene rings is 2. The monoisotopic (exact) mass is 1120 g/mol. The first-order valence-electron chi connectivity index (χ1n) is 27.1. The molecule has 9 amide bonds. The van der Waals surface area contributed by atoms with Gasteiger partial charge in [-0.3, -0.25) is 43.8 Å². The third-order valence-corrected chi connectivity index (χ3v) is 15.0. The van der Waals surface area contributed by atoms with Crippen LogP contribution in [-0.2, 0) is 69.2 Å². The van der Waals surface area contributed by atoms with Gasteiger partial charge in [0.2, 0.25) is 35.4 Å². The standard InChI is InChI=1S/C56H68N10O13S/c1-4-34-36-23-42-51-39(27-66(42)54(80)35(36)15-16-43(34)67)38(37-24-44-45(25-41(37)62-51)78-22-21-77-44)26-59-47(69)29-76-30-60-56(75)79-28-32-11-13-33(14-12-32)61-52(72)40(9-8-19-58-55(57)74)63-53(73)50(31(2)3)64-46(68)10-6-5-7-20-65-48(70)17-18-49(65)71/h11-14,23-25,31,34,40,50H,4-10,15-22,26-30H2,1-3H3,(H,59,69)(H,60,75)(H,61,72)(H,63,73)(H,64,68)(H3,57,58,74)/t34-,40+,50+/m1/s1. The Labute approximate surface area is 467 Å². The SMILES string of the molecule is CC[C@H]1C(=O)CCc2c1cc1n(c2=S)Cc2c-1nc1cc3c(cc1c2CNC(=O)COCNC(=O)OCc1ccc(NC(=O)[C@H](CCCNC(N)=O)NC(=O)[C@@H](NC(=O)CCCCCN2C(=O)CCC2=O)C(C)C)cc1)OCCO3. The zero-order valence-corrected chi connectivity index (χ0v) is 45.9. The van der Waals surface area contributed by atoms with Gasteiger partial charge >= 0.3 is 12.1 Å². The van der Waals surface area contributed by atoms with Gasteiger partial charge in [-0.15, -0.1) is 0 Å². The van der Waals surface area contributed by atoms with E-state index in [-0.39, 0.29) is 100 Å². The van der Waals surface area contributed by atoms with Crippen LogP contribution in [0.1, 0.15) is 119 Å². The molecule has 1 aliphatic carbocycles. The number of hydrogen-bond donors (Lipinski definition) is 7. The zero-order valence-electron chi connectivity index (χ0n) is 45.1. The Morgan fingerprint density at radius 2 is 1.57 bits per heavy atom. The number of unbranched alkanes of at least 4 members (excludes halogenated alkanes) is 2. The Morgan fingerprint density at radius 1 is 0.838 bits per heavy atom. The summed E-state index contributed by atoms with van der Waals surface area (Å²) in [4.78, 5) is 120. The number of amides is 9. The largest absolute Gasteiger partial charge is 0.486 e. The van der Waals surface area contributed by atoms with Crippen LogP contribution in [0, 0.1) is 10.6 Å². The molecule has 0 radical (unpaired) electrons. The topological polar surface area (TPSA) is 310 Å². The lowest BCUT2D eigenvalue weighted by molar-refractivity contribution is -0.138. The molecular weight excluding hydrogens is 1050 g/mol. The molecule has 4 aliphatic rings. The van der Waals surface area contributed by atoms with Gasteiger partial charge in [0.25, 0.3) is 0 Å². The minimum atomic E-state index is -1.07. The fourth-order valence-corrected chi connectivity index (χ4v) is 10.7. The summed E-state index contributed by atoms with van der Waals surface area (Å²) in [5.41, 5.74) is 12.0. The van der Waals surface area contributed by atoms with Gasteiger partial charge in [-0.25, -0.2) is 14.6 Å². The Kier molecular flexibility index (Phi) is 19.5. The highest BCUT2D eigenvalue weighted by Crippen LogP contribution is 2.44. The molecule has 3 aliphatic heterocycles. The van der Waals surface area contributed by atoms with Crippen molar-refractivity contribution in [3.05, 3.63) is 74.9 Å². The summed E-state index contributed by atoms with van der Waals surface area (Å²) in [7, 11) is 0. The van der Waals surface area contributed by atoms with Crippen molar-refractivity contribution < 1.29 is 62.1 Å². The number of urea groups is 1. The van der Waals surface area contributed by atoms with E-state index >= 15 is 0 Å². The number of aromatic nitrogens is 2. The van der Waals surface area contributed by atoms with Gasteiger partial charge in [-0.1, -0.05) is 51.5 Å². The predicted octanol–water partition coefficient (Wildman–Crippen LogP) is 4.81. The first kappa shape index (κ1) is 58.2. The van der Waals surface area contributed by atoms with Crippen LogP contribution in [-0.4, -0.2) is 120 Å². The van der Waals surface area contributed by atoms with Crippen molar-refractivity contribution >= 4 is 82.2 Å². The van der Waals surface area contributed by atoms with Gasteiger partial charge in [0.15, 0.2) is 11.5 Å². The van der Waals surface area contributed by atoms with Crippen LogP contribution in [0.15, 0.2) is 42.5 Å². The molecule has 1 saturated heterocycles. The van der Waals surface area contributed by atoms with E-state index in [4.69, 9.17) is 41.9 Å². The number of carbonyl (C=O) groups excluding carboxylic acids is 9. The summed E-state index contributed by atoms with van der Waals surface area (Å²) in [6, 6.07) is 9.43. The van der Waals surface area contributed by atoms with Crippen LogP contribution < -0.4 is 47.1 Å². The average molecular weight is 1120 g/mol. The first-order chi connectivity index (χ1) is 38.5. The zero-order chi connectivity index (χ0) is 57.0. The van der Waals surface area contributed by atoms with Crippen LogP contribution in [0.4, 0.5) is 15.3 Å². The average Bonchev–Trinajstić information content (AvgIpc) is 4.20. The Balaban J connectivity index is 0.795. The van der Waals surface area contributed by atoms with Crippen molar-refractivity contribution in [3.63, 3.8) is 0 Å². The number of nitrogens with zero attached hydrogens (tertiary/aromatic N) is 3. The summed E-state index contributed by atoms with van der Waals surface area (Å²) >= 11 is 6.06. The van der Waals surface area contributed by atoms with Crippen LogP contribution in [0.2, 0.25) is 0 Å². The summed E-state index contributed by atoms with van der Waals surface area (Å²) in [5.74, 6) is -1.53. The smallest absolute Gasteiger partial charge is 0.409 e. The van der Waals surface area contributed by atoms with E-state index in [1.54, 1.807) is 38.1 Å². The molecule has 0 saturated carbocycles. The molecule has 5 heterocycles. The van der Waals surface area contributed by atoms with Crippen molar-refractivity contribution in [1.82, 2.24) is 41.0 Å². The molecule has 426 valence electrons. The Morgan fingerprint density at radius 3 is 2.29 bits per heavy atom. The lowest BCUT2D eigenvalue weighted by Crippen LogP contribution is -2.54. The van der Waals surface area contributed by atoms with E-state index in [1.165, 1.54) is 4.90 Å². The number of carbonyl (C=O) groups is 9. The number of alkyl carbamates (subject to hydrolysis) is 1. The maximum atomic E-state index is 13.6.